The molecule has 1 N–H and O–H groups in total. The van der Waals surface area contributed by atoms with Crippen LogP contribution in [-0.4, -0.2) is 17.6 Å². The third-order valence-electron chi connectivity index (χ3n) is 2.40. The highest BCUT2D eigenvalue weighted by Gasteiger charge is 2.14. The van der Waals surface area contributed by atoms with Gasteiger partial charge in [0.1, 0.15) is 10.6 Å². The largest absolute Gasteiger partial charge is 0.495 e. The van der Waals surface area contributed by atoms with Crippen molar-refractivity contribution in [2.24, 2.45) is 0 Å². The monoisotopic (exact) mass is 266 g/mol. The van der Waals surface area contributed by atoms with Crippen molar-refractivity contribution >= 4 is 11.3 Å². The van der Waals surface area contributed by atoms with Gasteiger partial charge < -0.3 is 14.5 Å². The molecule has 0 radical (unpaired) electrons. The van der Waals surface area contributed by atoms with Crippen LogP contribution in [0.2, 0.25) is 0 Å². The van der Waals surface area contributed by atoms with Gasteiger partial charge in [-0.15, -0.1) is 11.3 Å². The van der Waals surface area contributed by atoms with Crippen LogP contribution in [0.5, 0.6) is 5.75 Å². The molecule has 0 aliphatic carbocycles. The lowest BCUT2D eigenvalue weighted by Crippen LogP contribution is -2.35. The number of nitrogens with zero attached hydrogens (tertiary/aromatic N) is 1. The predicted octanol–water partition coefficient (Wildman–Crippen LogP) is 3.30. The van der Waals surface area contributed by atoms with Crippen LogP contribution in [-0.2, 0) is 6.54 Å². The molecule has 4 nitrogen and oxygen atoms in total. The minimum absolute atomic E-state index is 0.0508. The molecular formula is C13H18N2O2S. The number of thiophene rings is 1. The van der Waals surface area contributed by atoms with E-state index in [0.717, 1.165) is 16.4 Å². The molecule has 2 aromatic rings. The van der Waals surface area contributed by atoms with E-state index in [1.165, 1.54) is 0 Å². The molecule has 0 bridgehead atoms. The van der Waals surface area contributed by atoms with Gasteiger partial charge in [-0.2, -0.15) is 0 Å². The fraction of sp³-hybridized carbons (Fsp3) is 0.462. The quantitative estimate of drug-likeness (QED) is 0.922. The second-order valence-corrected chi connectivity index (χ2v) is 5.96. The van der Waals surface area contributed by atoms with Crippen molar-refractivity contribution in [2.45, 2.75) is 32.9 Å². The predicted molar refractivity (Wildman–Crippen MR) is 73.0 cm³/mol. The molecule has 0 saturated carbocycles. The van der Waals surface area contributed by atoms with Crippen LogP contribution in [0.1, 0.15) is 26.7 Å². The van der Waals surface area contributed by atoms with Crippen LogP contribution in [0, 0.1) is 0 Å². The Bertz CT molecular complexity index is 511. The Balaban J connectivity index is 2.11. The molecule has 0 fully saturated rings. The highest BCUT2D eigenvalue weighted by molar-refractivity contribution is 7.13. The van der Waals surface area contributed by atoms with Crippen molar-refractivity contribution in [1.82, 2.24) is 10.3 Å². The van der Waals surface area contributed by atoms with Gasteiger partial charge in [0.05, 0.1) is 19.9 Å². The molecule has 0 saturated heterocycles. The summed E-state index contributed by atoms with van der Waals surface area (Å²) in [4.78, 5) is 5.25. The molecule has 2 aromatic heterocycles. The first-order chi connectivity index (χ1) is 8.49. The third kappa shape index (κ3) is 3.11. The molecule has 0 spiro atoms. The van der Waals surface area contributed by atoms with Gasteiger partial charge in [0, 0.05) is 5.54 Å². The summed E-state index contributed by atoms with van der Waals surface area (Å²) in [5.74, 6) is 2.27. The zero-order valence-corrected chi connectivity index (χ0v) is 11.9. The lowest BCUT2D eigenvalue weighted by Gasteiger charge is -2.18. The highest BCUT2D eigenvalue weighted by Crippen LogP contribution is 2.35. The second-order valence-electron chi connectivity index (χ2n) is 5.04. The van der Waals surface area contributed by atoms with Crippen LogP contribution in [0.4, 0.5) is 0 Å². The van der Waals surface area contributed by atoms with Crippen LogP contribution in [0.25, 0.3) is 10.6 Å². The van der Waals surface area contributed by atoms with E-state index in [9.17, 15) is 0 Å². The Morgan fingerprint density at radius 1 is 1.44 bits per heavy atom. The molecule has 0 aliphatic heterocycles. The van der Waals surface area contributed by atoms with Crippen LogP contribution >= 0.6 is 11.3 Å². The molecule has 18 heavy (non-hydrogen) atoms. The van der Waals surface area contributed by atoms with Crippen molar-refractivity contribution in [3.05, 3.63) is 23.5 Å². The van der Waals surface area contributed by atoms with Crippen LogP contribution in [0.15, 0.2) is 22.1 Å². The molecule has 98 valence electrons. The number of oxazole rings is 1. The van der Waals surface area contributed by atoms with E-state index in [1.54, 1.807) is 24.6 Å². The number of rotatable bonds is 4. The molecule has 0 aromatic carbocycles. The maximum absolute atomic E-state index is 5.72. The molecule has 0 atom stereocenters. The van der Waals surface area contributed by atoms with E-state index in [-0.39, 0.29) is 5.54 Å². The number of aromatic nitrogens is 1. The number of nitrogens with one attached hydrogen (secondary N) is 1. The fourth-order valence-electron chi connectivity index (χ4n) is 1.48. The lowest BCUT2D eigenvalue weighted by molar-refractivity contribution is 0.382. The van der Waals surface area contributed by atoms with Crippen molar-refractivity contribution in [3.63, 3.8) is 0 Å². The Kier molecular flexibility index (Phi) is 3.73. The minimum atomic E-state index is 0.0508. The summed E-state index contributed by atoms with van der Waals surface area (Å²) in [6.45, 7) is 6.95. The van der Waals surface area contributed by atoms with E-state index in [1.807, 2.05) is 11.4 Å². The van der Waals surface area contributed by atoms with E-state index >= 15 is 0 Å². The Hall–Kier alpha value is -1.33. The van der Waals surface area contributed by atoms with Gasteiger partial charge in [0.25, 0.3) is 0 Å². The van der Waals surface area contributed by atoms with Gasteiger partial charge in [0.15, 0.2) is 5.76 Å². The van der Waals surface area contributed by atoms with E-state index in [0.29, 0.717) is 12.4 Å². The number of hydrogen-bond donors (Lipinski definition) is 1. The maximum atomic E-state index is 5.72. The highest BCUT2D eigenvalue weighted by atomic mass is 32.1. The summed E-state index contributed by atoms with van der Waals surface area (Å²) in [5.41, 5.74) is 0.0508. The fourth-order valence-corrected chi connectivity index (χ4v) is 2.28. The van der Waals surface area contributed by atoms with Gasteiger partial charge in [0.2, 0.25) is 5.89 Å². The summed E-state index contributed by atoms with van der Waals surface area (Å²) in [6, 6.07) is 1.93. The zero-order valence-electron chi connectivity index (χ0n) is 11.1. The number of ether oxygens (including phenoxy) is 1. The van der Waals surface area contributed by atoms with Crippen molar-refractivity contribution < 1.29 is 9.15 Å². The standard InChI is InChI=1S/C13H18N2O2S/c1-13(2,3)15-8-11-14-7-10(17-11)12-9(16-4)5-6-18-12/h5-7,15H,8H2,1-4H3. The van der Waals surface area contributed by atoms with E-state index in [2.05, 4.69) is 31.1 Å². The number of methoxy groups -OCH3 is 1. The second kappa shape index (κ2) is 5.12. The van der Waals surface area contributed by atoms with Crippen molar-refractivity contribution in [2.75, 3.05) is 7.11 Å². The summed E-state index contributed by atoms with van der Waals surface area (Å²) in [6.07, 6.45) is 1.74. The molecule has 2 rings (SSSR count). The van der Waals surface area contributed by atoms with E-state index < -0.39 is 0 Å². The first kappa shape index (κ1) is 13.1. The molecule has 2 heterocycles. The smallest absolute Gasteiger partial charge is 0.208 e. The molecule has 0 amide bonds. The number of hydrogen-bond acceptors (Lipinski definition) is 5. The van der Waals surface area contributed by atoms with Gasteiger partial charge >= 0.3 is 0 Å². The Morgan fingerprint density at radius 3 is 2.89 bits per heavy atom. The van der Waals surface area contributed by atoms with Crippen molar-refractivity contribution in [1.29, 1.82) is 0 Å². The summed E-state index contributed by atoms with van der Waals surface area (Å²) < 4.78 is 11.0. The summed E-state index contributed by atoms with van der Waals surface area (Å²) in [7, 11) is 1.66. The average Bonchev–Trinajstić information content (AvgIpc) is 2.93. The molecule has 0 unspecified atom stereocenters. The maximum Gasteiger partial charge on any atom is 0.208 e. The average molecular weight is 266 g/mol. The third-order valence-corrected chi connectivity index (χ3v) is 3.31. The van der Waals surface area contributed by atoms with Crippen molar-refractivity contribution in [3.8, 4) is 16.4 Å². The zero-order chi connectivity index (χ0) is 13.2. The van der Waals surface area contributed by atoms with Crippen LogP contribution < -0.4 is 10.1 Å². The minimum Gasteiger partial charge on any atom is -0.495 e. The topological polar surface area (TPSA) is 47.3 Å². The summed E-state index contributed by atoms with van der Waals surface area (Å²) >= 11 is 1.59. The SMILES string of the molecule is COc1ccsc1-c1cnc(CNC(C)(C)C)o1. The van der Waals surface area contributed by atoms with Gasteiger partial charge in [-0.25, -0.2) is 4.98 Å². The van der Waals surface area contributed by atoms with Gasteiger partial charge in [-0.3, -0.25) is 0 Å². The Labute approximate surface area is 111 Å². The first-order valence-corrected chi connectivity index (χ1v) is 6.69. The molecular weight excluding hydrogens is 248 g/mol. The van der Waals surface area contributed by atoms with Gasteiger partial charge in [-0.05, 0) is 32.2 Å². The normalized spacial score (nSPS) is 11.8. The van der Waals surface area contributed by atoms with Crippen LogP contribution in [0.3, 0.4) is 0 Å². The lowest BCUT2D eigenvalue weighted by atomic mass is 10.1. The molecule has 5 heteroatoms. The van der Waals surface area contributed by atoms with Gasteiger partial charge in [-0.1, -0.05) is 0 Å². The Morgan fingerprint density at radius 2 is 2.22 bits per heavy atom. The first-order valence-electron chi connectivity index (χ1n) is 5.81. The molecule has 0 aliphatic rings. The van der Waals surface area contributed by atoms with E-state index in [4.69, 9.17) is 9.15 Å². The summed E-state index contributed by atoms with van der Waals surface area (Å²) in [5, 5.41) is 5.32.